The number of aromatic amines is 1. The average Bonchev–Trinajstić information content (AvgIpc) is 2.87. The van der Waals surface area contributed by atoms with Crippen LogP contribution in [0.25, 0.3) is 6.08 Å². The Bertz CT molecular complexity index is 574. The zero-order valence-corrected chi connectivity index (χ0v) is 10.6. The van der Waals surface area contributed by atoms with Gasteiger partial charge in [-0.3, -0.25) is 9.89 Å². The molecule has 0 bridgehead atoms. The Morgan fingerprint density at radius 1 is 1.39 bits per heavy atom. The summed E-state index contributed by atoms with van der Waals surface area (Å²) >= 11 is 0. The number of aromatic nitrogens is 2. The third-order valence-corrected chi connectivity index (χ3v) is 2.54. The minimum absolute atomic E-state index is 0.211. The highest BCUT2D eigenvalue weighted by molar-refractivity contribution is 6.02. The van der Waals surface area contributed by atoms with Crippen LogP contribution in [0.15, 0.2) is 22.6 Å². The van der Waals surface area contributed by atoms with Crippen LogP contribution >= 0.6 is 0 Å². The van der Waals surface area contributed by atoms with Crippen molar-refractivity contribution >= 4 is 17.7 Å². The summed E-state index contributed by atoms with van der Waals surface area (Å²) in [5.74, 6) is 1.26. The van der Waals surface area contributed by atoms with E-state index < -0.39 is 0 Å². The Balaban J connectivity index is 2.03. The molecular weight excluding hydrogens is 230 g/mol. The molecule has 2 N–H and O–H groups in total. The van der Waals surface area contributed by atoms with Gasteiger partial charge in [0.25, 0.3) is 0 Å². The van der Waals surface area contributed by atoms with Crippen LogP contribution in [0.4, 0.5) is 5.69 Å². The Hall–Kier alpha value is -2.30. The monoisotopic (exact) mass is 245 g/mol. The lowest BCUT2D eigenvalue weighted by Crippen LogP contribution is -2.09. The van der Waals surface area contributed by atoms with Crippen molar-refractivity contribution in [3.05, 3.63) is 41.1 Å². The summed E-state index contributed by atoms with van der Waals surface area (Å²) in [4.78, 5) is 11.7. The normalized spacial score (nSPS) is 11.1. The summed E-state index contributed by atoms with van der Waals surface area (Å²) < 4.78 is 5.33. The van der Waals surface area contributed by atoms with Crippen LogP contribution in [0.2, 0.25) is 0 Å². The van der Waals surface area contributed by atoms with Crippen LogP contribution < -0.4 is 5.32 Å². The van der Waals surface area contributed by atoms with Crippen molar-refractivity contribution in [2.24, 2.45) is 0 Å². The highest BCUT2D eigenvalue weighted by Crippen LogP contribution is 2.16. The number of carbonyl (C=O) groups excluding carboxylic acids is 1. The molecule has 5 nitrogen and oxygen atoms in total. The van der Waals surface area contributed by atoms with E-state index in [1.807, 2.05) is 32.9 Å². The number of H-pyrrole nitrogens is 1. The topological polar surface area (TPSA) is 70.9 Å². The summed E-state index contributed by atoms with van der Waals surface area (Å²) in [5.41, 5.74) is 2.33. The van der Waals surface area contributed by atoms with Gasteiger partial charge in [0.1, 0.15) is 11.5 Å². The van der Waals surface area contributed by atoms with Crippen LogP contribution in [0.5, 0.6) is 0 Å². The second kappa shape index (κ2) is 4.91. The van der Waals surface area contributed by atoms with E-state index >= 15 is 0 Å². The maximum Gasteiger partial charge on any atom is 0.248 e. The number of nitrogens with one attached hydrogen (secondary N) is 2. The summed E-state index contributed by atoms with van der Waals surface area (Å²) in [7, 11) is 0. The maximum atomic E-state index is 11.7. The number of hydrogen-bond donors (Lipinski definition) is 2. The number of furan rings is 1. The number of amides is 1. The highest BCUT2D eigenvalue weighted by Gasteiger charge is 2.07. The molecule has 1 amide bonds. The van der Waals surface area contributed by atoms with Gasteiger partial charge in [0.2, 0.25) is 5.91 Å². The lowest BCUT2D eigenvalue weighted by molar-refractivity contribution is -0.111. The zero-order chi connectivity index (χ0) is 13.1. The highest BCUT2D eigenvalue weighted by atomic mass is 16.3. The van der Waals surface area contributed by atoms with Gasteiger partial charge in [-0.25, -0.2) is 0 Å². The third-order valence-electron chi connectivity index (χ3n) is 2.54. The fourth-order valence-corrected chi connectivity index (χ4v) is 1.60. The number of hydrogen-bond acceptors (Lipinski definition) is 3. The summed E-state index contributed by atoms with van der Waals surface area (Å²) in [6, 6.07) is 3.66. The SMILES string of the molecule is Cc1ccc(/C=C/C(=O)Nc2c(C)n[nH]c2C)o1. The lowest BCUT2D eigenvalue weighted by atomic mass is 10.3. The van der Waals surface area contributed by atoms with Crippen molar-refractivity contribution in [1.29, 1.82) is 0 Å². The Morgan fingerprint density at radius 2 is 2.17 bits per heavy atom. The molecule has 0 atom stereocenters. The lowest BCUT2D eigenvalue weighted by Gasteiger charge is -2.00. The molecule has 0 unspecified atom stereocenters. The fraction of sp³-hybridized carbons (Fsp3) is 0.231. The Morgan fingerprint density at radius 3 is 2.72 bits per heavy atom. The second-order valence-corrected chi connectivity index (χ2v) is 4.08. The van der Waals surface area contributed by atoms with E-state index in [4.69, 9.17) is 4.42 Å². The molecule has 5 heteroatoms. The Kier molecular flexibility index (Phi) is 3.32. The molecule has 0 radical (unpaired) electrons. The van der Waals surface area contributed by atoms with Gasteiger partial charge < -0.3 is 9.73 Å². The molecule has 2 heterocycles. The third kappa shape index (κ3) is 2.68. The summed E-state index contributed by atoms with van der Waals surface area (Å²) in [6.07, 6.45) is 3.07. The van der Waals surface area contributed by atoms with Crippen LogP contribution in [0.1, 0.15) is 22.9 Å². The number of nitrogens with zero attached hydrogens (tertiary/aromatic N) is 1. The van der Waals surface area contributed by atoms with Gasteiger partial charge in [-0.15, -0.1) is 0 Å². The molecule has 0 saturated carbocycles. The molecule has 2 rings (SSSR count). The molecule has 0 aliphatic heterocycles. The van der Waals surface area contributed by atoms with Crippen LogP contribution in [0.3, 0.4) is 0 Å². The number of aryl methyl sites for hydroxylation is 3. The predicted molar refractivity (Wildman–Crippen MR) is 69.2 cm³/mol. The summed E-state index contributed by atoms with van der Waals surface area (Å²) in [6.45, 7) is 5.55. The van der Waals surface area contributed by atoms with Gasteiger partial charge in [0.05, 0.1) is 17.1 Å². The van der Waals surface area contributed by atoms with Crippen molar-refractivity contribution in [3.8, 4) is 0 Å². The van der Waals surface area contributed by atoms with Crippen molar-refractivity contribution in [2.75, 3.05) is 5.32 Å². The first-order chi connectivity index (χ1) is 8.56. The van der Waals surface area contributed by atoms with E-state index in [0.29, 0.717) is 5.76 Å². The first kappa shape index (κ1) is 12.2. The van der Waals surface area contributed by atoms with E-state index in [1.165, 1.54) is 6.08 Å². The predicted octanol–water partition coefficient (Wildman–Crippen LogP) is 2.58. The zero-order valence-electron chi connectivity index (χ0n) is 10.6. The Labute approximate surface area is 105 Å². The molecule has 0 spiro atoms. The number of anilines is 1. The van der Waals surface area contributed by atoms with Gasteiger partial charge in [-0.05, 0) is 39.0 Å². The molecule has 0 saturated heterocycles. The fourth-order valence-electron chi connectivity index (χ4n) is 1.60. The maximum absolute atomic E-state index is 11.7. The van der Waals surface area contributed by atoms with Crippen molar-refractivity contribution in [2.45, 2.75) is 20.8 Å². The van der Waals surface area contributed by atoms with Gasteiger partial charge in [-0.1, -0.05) is 0 Å². The average molecular weight is 245 g/mol. The van der Waals surface area contributed by atoms with E-state index in [-0.39, 0.29) is 5.91 Å². The number of carbonyl (C=O) groups is 1. The molecule has 94 valence electrons. The quantitative estimate of drug-likeness (QED) is 0.816. The van der Waals surface area contributed by atoms with Crippen LogP contribution in [0, 0.1) is 20.8 Å². The first-order valence-corrected chi connectivity index (χ1v) is 5.63. The van der Waals surface area contributed by atoms with Gasteiger partial charge in [0, 0.05) is 6.08 Å². The standard InChI is InChI=1S/C13H15N3O2/c1-8-4-5-11(18-8)6-7-12(17)14-13-9(2)15-16-10(13)3/h4-7H,1-3H3,(H,14,17)(H,15,16)/b7-6+. The molecule has 0 fully saturated rings. The van der Waals surface area contributed by atoms with Crippen molar-refractivity contribution in [3.63, 3.8) is 0 Å². The summed E-state index contributed by atoms with van der Waals surface area (Å²) in [5, 5.41) is 9.59. The molecule has 2 aromatic rings. The minimum atomic E-state index is -0.211. The molecule has 2 aromatic heterocycles. The second-order valence-electron chi connectivity index (χ2n) is 4.08. The smallest absolute Gasteiger partial charge is 0.248 e. The van der Waals surface area contributed by atoms with Crippen molar-refractivity contribution in [1.82, 2.24) is 10.2 Å². The largest absolute Gasteiger partial charge is 0.462 e. The van der Waals surface area contributed by atoms with Crippen LogP contribution in [-0.4, -0.2) is 16.1 Å². The first-order valence-electron chi connectivity index (χ1n) is 5.63. The van der Waals surface area contributed by atoms with E-state index in [2.05, 4.69) is 15.5 Å². The van der Waals surface area contributed by atoms with Crippen molar-refractivity contribution < 1.29 is 9.21 Å². The van der Waals surface area contributed by atoms with Crippen LogP contribution in [-0.2, 0) is 4.79 Å². The van der Waals surface area contributed by atoms with E-state index in [0.717, 1.165) is 22.8 Å². The molecule has 0 aliphatic carbocycles. The van der Waals surface area contributed by atoms with Gasteiger partial charge in [-0.2, -0.15) is 5.10 Å². The molecular formula is C13H15N3O2. The van der Waals surface area contributed by atoms with Gasteiger partial charge in [0.15, 0.2) is 0 Å². The number of rotatable bonds is 3. The molecule has 0 aliphatic rings. The van der Waals surface area contributed by atoms with Gasteiger partial charge >= 0.3 is 0 Å². The van der Waals surface area contributed by atoms with E-state index in [9.17, 15) is 4.79 Å². The minimum Gasteiger partial charge on any atom is -0.462 e. The molecule has 0 aromatic carbocycles. The van der Waals surface area contributed by atoms with E-state index in [1.54, 1.807) is 6.08 Å². The molecule has 18 heavy (non-hydrogen) atoms.